The summed E-state index contributed by atoms with van der Waals surface area (Å²) in [7, 11) is 0. The molecule has 0 spiro atoms. The molecule has 1 saturated heterocycles. The van der Waals surface area contributed by atoms with Crippen molar-refractivity contribution in [3.63, 3.8) is 0 Å². The lowest BCUT2D eigenvalue weighted by atomic mass is 10.0. The van der Waals surface area contributed by atoms with Crippen molar-refractivity contribution < 1.29 is 14.2 Å². The third-order valence-electron chi connectivity index (χ3n) is 6.31. The number of piperazine rings is 1. The molecule has 1 aromatic heterocycles. The Morgan fingerprint density at radius 3 is 2.34 bits per heavy atom. The number of ether oxygens (including phenoxy) is 1. The maximum atomic E-state index is 14.5. The van der Waals surface area contributed by atoms with E-state index in [9.17, 15) is 9.50 Å². The van der Waals surface area contributed by atoms with Crippen LogP contribution in [0.4, 0.5) is 10.2 Å². The van der Waals surface area contributed by atoms with E-state index < -0.39 is 6.10 Å². The van der Waals surface area contributed by atoms with E-state index in [0.29, 0.717) is 31.0 Å². The molecule has 35 heavy (non-hydrogen) atoms. The Morgan fingerprint density at radius 2 is 1.66 bits per heavy atom. The monoisotopic (exact) mass is 478 g/mol. The first-order valence-corrected chi connectivity index (χ1v) is 12.3. The zero-order valence-corrected chi connectivity index (χ0v) is 20.8. The second kappa shape index (κ2) is 11.7. The van der Waals surface area contributed by atoms with E-state index in [1.54, 1.807) is 6.07 Å². The van der Waals surface area contributed by atoms with Crippen LogP contribution < -0.4 is 4.90 Å². The van der Waals surface area contributed by atoms with E-state index in [-0.39, 0.29) is 11.9 Å². The molecule has 1 aliphatic rings. The predicted octanol–water partition coefficient (Wildman–Crippen LogP) is 4.09. The van der Waals surface area contributed by atoms with Gasteiger partial charge in [0.2, 0.25) is 0 Å². The van der Waals surface area contributed by atoms with Crippen LogP contribution in [-0.2, 0) is 11.2 Å². The number of aliphatic hydroxyl groups is 1. The molecule has 2 aromatic carbocycles. The molecule has 1 fully saturated rings. The lowest BCUT2D eigenvalue weighted by molar-refractivity contribution is -0.00901. The van der Waals surface area contributed by atoms with Crippen LogP contribution in [0.1, 0.15) is 30.7 Å². The molecule has 6 nitrogen and oxygen atoms in total. The van der Waals surface area contributed by atoms with Crippen molar-refractivity contribution in [1.29, 1.82) is 0 Å². The average Bonchev–Trinajstić information content (AvgIpc) is 2.86. The molecule has 1 unspecified atom stereocenters. The summed E-state index contributed by atoms with van der Waals surface area (Å²) in [6.07, 6.45) is 0.0368. The fourth-order valence-corrected chi connectivity index (χ4v) is 4.39. The van der Waals surface area contributed by atoms with Crippen molar-refractivity contribution >= 4 is 5.82 Å². The number of rotatable bonds is 9. The lowest BCUT2D eigenvalue weighted by Gasteiger charge is -2.37. The van der Waals surface area contributed by atoms with Crippen LogP contribution >= 0.6 is 0 Å². The second-order valence-electron chi connectivity index (χ2n) is 9.39. The molecule has 186 valence electrons. The summed E-state index contributed by atoms with van der Waals surface area (Å²) in [5.74, 6) is 1.33. The Bertz CT molecular complexity index is 1100. The molecule has 2 heterocycles. The van der Waals surface area contributed by atoms with Crippen molar-refractivity contribution in [1.82, 2.24) is 14.9 Å². The van der Waals surface area contributed by atoms with Crippen LogP contribution in [0.25, 0.3) is 11.4 Å². The van der Waals surface area contributed by atoms with Gasteiger partial charge in [-0.25, -0.2) is 14.4 Å². The maximum Gasteiger partial charge on any atom is 0.161 e. The van der Waals surface area contributed by atoms with E-state index >= 15 is 0 Å². The zero-order valence-electron chi connectivity index (χ0n) is 20.8. The quantitative estimate of drug-likeness (QED) is 0.500. The largest absolute Gasteiger partial charge is 0.389 e. The molecule has 1 atom stereocenters. The van der Waals surface area contributed by atoms with Crippen LogP contribution in [-0.4, -0.2) is 71.5 Å². The summed E-state index contributed by atoms with van der Waals surface area (Å²) in [6.45, 7) is 10.0. The maximum absolute atomic E-state index is 14.5. The second-order valence-corrected chi connectivity index (χ2v) is 9.39. The molecule has 7 heteroatoms. The average molecular weight is 479 g/mol. The Kier molecular flexibility index (Phi) is 8.44. The number of halogens is 1. The fourth-order valence-electron chi connectivity index (χ4n) is 4.39. The number of benzene rings is 2. The fraction of sp³-hybridized carbons (Fsp3) is 0.429. The Balaban J connectivity index is 1.56. The van der Waals surface area contributed by atoms with Crippen LogP contribution in [0.5, 0.6) is 0 Å². The van der Waals surface area contributed by atoms with Gasteiger partial charge in [0.1, 0.15) is 11.6 Å². The van der Waals surface area contributed by atoms with Gasteiger partial charge in [0.15, 0.2) is 5.82 Å². The van der Waals surface area contributed by atoms with Gasteiger partial charge in [0.25, 0.3) is 0 Å². The highest BCUT2D eigenvalue weighted by Crippen LogP contribution is 2.29. The predicted molar refractivity (Wildman–Crippen MR) is 137 cm³/mol. The molecule has 1 N–H and O–H groups in total. The standard InChI is InChI=1S/C28H35FN4O2/c1-20(2)35-19-24(34)18-32-13-15-33(16-14-32)28-25(17-23-11-7-8-12-26(23)29)21(3)30-27(31-28)22-9-5-4-6-10-22/h4-12,20,24,34H,13-19H2,1-3H3. The Hall–Kier alpha value is -2.87. The van der Waals surface area contributed by atoms with Gasteiger partial charge in [-0.2, -0.15) is 0 Å². The van der Waals surface area contributed by atoms with Gasteiger partial charge >= 0.3 is 0 Å². The highest BCUT2D eigenvalue weighted by molar-refractivity contribution is 5.61. The smallest absolute Gasteiger partial charge is 0.161 e. The normalized spacial score (nSPS) is 15.5. The number of hydrogen-bond donors (Lipinski definition) is 1. The first kappa shape index (κ1) is 25.2. The molecule has 4 rings (SSSR count). The topological polar surface area (TPSA) is 61.7 Å². The van der Waals surface area contributed by atoms with Crippen molar-refractivity contribution in [3.8, 4) is 11.4 Å². The number of β-amino-alcohol motifs (C(OH)–C–C–N with tert-alkyl or cyclic N) is 1. The van der Waals surface area contributed by atoms with Gasteiger partial charge < -0.3 is 14.7 Å². The highest BCUT2D eigenvalue weighted by Gasteiger charge is 2.25. The third-order valence-corrected chi connectivity index (χ3v) is 6.31. The van der Waals surface area contributed by atoms with Crippen molar-refractivity contribution in [2.45, 2.75) is 39.4 Å². The SMILES string of the molecule is Cc1nc(-c2ccccc2)nc(N2CCN(CC(O)COC(C)C)CC2)c1Cc1ccccc1F. The minimum atomic E-state index is -0.508. The van der Waals surface area contributed by atoms with Crippen LogP contribution in [0.3, 0.4) is 0 Å². The molecule has 0 radical (unpaired) electrons. The molecule has 0 amide bonds. The summed E-state index contributed by atoms with van der Waals surface area (Å²) < 4.78 is 20.1. The Labute approximate surface area is 207 Å². The first-order valence-electron chi connectivity index (χ1n) is 12.3. The summed E-state index contributed by atoms with van der Waals surface area (Å²) in [5, 5.41) is 10.3. The van der Waals surface area contributed by atoms with Crippen molar-refractivity contribution in [2.24, 2.45) is 0 Å². The number of hydrogen-bond acceptors (Lipinski definition) is 6. The minimum absolute atomic E-state index is 0.106. The van der Waals surface area contributed by atoms with Crippen molar-refractivity contribution in [2.75, 3.05) is 44.2 Å². The zero-order chi connectivity index (χ0) is 24.8. The van der Waals surface area contributed by atoms with Crippen molar-refractivity contribution in [3.05, 3.63) is 77.2 Å². The summed E-state index contributed by atoms with van der Waals surface area (Å²) in [6, 6.07) is 16.8. The molecule has 1 aliphatic heterocycles. The van der Waals surface area contributed by atoms with Gasteiger partial charge in [-0.15, -0.1) is 0 Å². The van der Waals surface area contributed by atoms with Gasteiger partial charge in [-0.1, -0.05) is 48.5 Å². The van der Waals surface area contributed by atoms with E-state index in [2.05, 4.69) is 9.80 Å². The lowest BCUT2D eigenvalue weighted by Crippen LogP contribution is -2.49. The molecule has 0 bridgehead atoms. The third kappa shape index (κ3) is 6.63. The van der Waals surface area contributed by atoms with Gasteiger partial charge in [0.05, 0.1) is 18.8 Å². The number of anilines is 1. The molecule has 0 aliphatic carbocycles. The van der Waals surface area contributed by atoms with E-state index in [0.717, 1.165) is 48.8 Å². The summed E-state index contributed by atoms with van der Waals surface area (Å²) >= 11 is 0. The molecule has 3 aromatic rings. The van der Waals surface area contributed by atoms with E-state index in [4.69, 9.17) is 14.7 Å². The van der Waals surface area contributed by atoms with Gasteiger partial charge in [0, 0.05) is 56.0 Å². The van der Waals surface area contributed by atoms with Gasteiger partial charge in [-0.05, 0) is 32.4 Å². The van der Waals surface area contributed by atoms with E-state index in [1.807, 2.05) is 63.2 Å². The number of aryl methyl sites for hydroxylation is 1. The number of nitrogens with zero attached hydrogens (tertiary/aromatic N) is 4. The molecular formula is C28H35FN4O2. The van der Waals surface area contributed by atoms with Crippen LogP contribution in [0.2, 0.25) is 0 Å². The highest BCUT2D eigenvalue weighted by atomic mass is 19.1. The summed E-state index contributed by atoms with van der Waals surface area (Å²) in [4.78, 5) is 14.3. The molecular weight excluding hydrogens is 443 g/mol. The Morgan fingerprint density at radius 1 is 0.971 bits per heavy atom. The van der Waals surface area contributed by atoms with Gasteiger partial charge in [-0.3, -0.25) is 4.90 Å². The van der Waals surface area contributed by atoms with Crippen LogP contribution in [0.15, 0.2) is 54.6 Å². The van der Waals surface area contributed by atoms with Crippen LogP contribution in [0, 0.1) is 12.7 Å². The summed E-state index contributed by atoms with van der Waals surface area (Å²) in [5.41, 5.74) is 3.41. The number of aliphatic hydroxyl groups excluding tert-OH is 1. The minimum Gasteiger partial charge on any atom is -0.389 e. The number of aromatic nitrogens is 2. The first-order chi connectivity index (χ1) is 16.9. The van der Waals surface area contributed by atoms with E-state index in [1.165, 1.54) is 6.07 Å². The molecule has 0 saturated carbocycles.